The fourth-order valence-electron chi connectivity index (χ4n) is 4.26. The quantitative estimate of drug-likeness (QED) is 0.215. The molecule has 2 aromatic heterocycles. The number of nitrogens with one attached hydrogen (secondary N) is 2. The molecule has 0 unspecified atom stereocenters. The Balaban J connectivity index is 0.000000346. The first-order chi connectivity index (χ1) is 19.4. The van der Waals surface area contributed by atoms with Gasteiger partial charge in [-0.2, -0.15) is 5.10 Å². The van der Waals surface area contributed by atoms with Gasteiger partial charge in [0.25, 0.3) is 11.8 Å². The number of pyridine rings is 1. The predicted octanol–water partition coefficient (Wildman–Crippen LogP) is 8.71. The Morgan fingerprint density at radius 3 is 2.49 bits per heavy atom. The fourth-order valence-corrected chi connectivity index (χ4v) is 4.26. The van der Waals surface area contributed by atoms with Crippen LogP contribution < -0.4 is 10.2 Å². The lowest BCUT2D eigenvalue weighted by Crippen LogP contribution is -2.16. The van der Waals surface area contributed by atoms with Crippen LogP contribution in [0.5, 0.6) is 0 Å². The summed E-state index contributed by atoms with van der Waals surface area (Å²) in [4.78, 5) is 18.6. The summed E-state index contributed by atoms with van der Waals surface area (Å²) in [6.45, 7) is 14.6. The summed E-state index contributed by atoms with van der Waals surface area (Å²) in [7, 11) is 0. The third-order valence-corrected chi connectivity index (χ3v) is 6.45. The molecule has 1 amide bonds. The summed E-state index contributed by atoms with van der Waals surface area (Å²) in [5.74, 6) is -3.39. The number of hydrogen-bond donors (Lipinski definition) is 2. The molecule has 2 N–H and O–H groups in total. The number of carbonyl (C=O) groups excluding carboxylic acids is 1. The number of hydrogen-bond acceptors (Lipinski definition) is 4. The first-order valence-corrected chi connectivity index (χ1v) is 13.7. The zero-order valence-corrected chi connectivity index (χ0v) is 24.7. The number of amides is 1. The number of anilines is 2. The average Bonchev–Trinajstić information content (AvgIpc) is 3.40. The number of carbonyl (C=O) groups is 1. The minimum atomic E-state index is -3.05. The standard InChI is InChI=1S/C25H30F2N2O.C8H9N3/c1-7-9-19-10-11-20(12-18(19)5)24(30)28-22-13-21(25(6,26)27)14-23(15-22)29(8-2)16-17(3)4;1-2-6-3-7-5-10-11-8(7)9-4-6/h8,10-16H,2,7,9H2,1,3-6H3,(H,28,30);3-5H,2H2,1H3,(H,9,10,11). The first kappa shape index (κ1) is 31.2. The molecule has 0 saturated carbocycles. The van der Waals surface area contributed by atoms with Gasteiger partial charge in [-0.25, -0.2) is 13.8 Å². The maximum Gasteiger partial charge on any atom is 0.270 e. The van der Waals surface area contributed by atoms with Gasteiger partial charge in [-0.15, -0.1) is 0 Å². The van der Waals surface area contributed by atoms with Crippen LogP contribution in [0.15, 0.2) is 79.4 Å². The smallest absolute Gasteiger partial charge is 0.270 e. The number of allylic oxidation sites excluding steroid dienone is 1. The topological polar surface area (TPSA) is 73.9 Å². The minimum Gasteiger partial charge on any atom is -0.324 e. The Bertz CT molecular complexity index is 1530. The van der Waals surface area contributed by atoms with Crippen LogP contribution >= 0.6 is 0 Å². The van der Waals surface area contributed by atoms with Crippen LogP contribution in [0.3, 0.4) is 0 Å². The van der Waals surface area contributed by atoms with Crippen LogP contribution in [0.1, 0.15) is 73.7 Å². The summed E-state index contributed by atoms with van der Waals surface area (Å²) in [6, 6.07) is 12.0. The number of benzene rings is 2. The molecular weight excluding hydrogens is 520 g/mol. The zero-order valence-electron chi connectivity index (χ0n) is 24.7. The molecule has 216 valence electrons. The third kappa shape index (κ3) is 8.58. The number of fused-ring (bicyclic) bond motifs is 1. The van der Waals surface area contributed by atoms with Gasteiger partial charge in [-0.1, -0.05) is 38.5 Å². The normalized spacial score (nSPS) is 10.9. The molecule has 0 aliphatic rings. The lowest BCUT2D eigenvalue weighted by atomic mass is 10.0. The van der Waals surface area contributed by atoms with E-state index in [0.717, 1.165) is 48.4 Å². The molecule has 0 spiro atoms. The van der Waals surface area contributed by atoms with Crippen molar-refractivity contribution in [2.45, 2.75) is 66.7 Å². The van der Waals surface area contributed by atoms with E-state index in [1.807, 2.05) is 39.1 Å². The maximum absolute atomic E-state index is 14.1. The van der Waals surface area contributed by atoms with E-state index in [4.69, 9.17) is 0 Å². The molecule has 41 heavy (non-hydrogen) atoms. The fraction of sp³-hybridized carbons (Fsp3) is 0.303. The van der Waals surface area contributed by atoms with E-state index in [1.54, 1.807) is 35.6 Å². The summed E-state index contributed by atoms with van der Waals surface area (Å²) in [5.41, 5.74) is 6.45. The van der Waals surface area contributed by atoms with Crippen LogP contribution in [0.25, 0.3) is 11.0 Å². The van der Waals surface area contributed by atoms with E-state index in [0.29, 0.717) is 16.9 Å². The lowest BCUT2D eigenvalue weighted by molar-refractivity contribution is 0.0175. The van der Waals surface area contributed by atoms with Gasteiger partial charge in [-0.05, 0) is 86.7 Å². The molecule has 0 aliphatic carbocycles. The van der Waals surface area contributed by atoms with Gasteiger partial charge >= 0.3 is 0 Å². The van der Waals surface area contributed by atoms with Crippen molar-refractivity contribution in [3.8, 4) is 0 Å². The molecule has 6 nitrogen and oxygen atoms in total. The Hall–Kier alpha value is -4.33. The first-order valence-electron chi connectivity index (χ1n) is 13.7. The monoisotopic (exact) mass is 559 g/mol. The van der Waals surface area contributed by atoms with Gasteiger partial charge in [-0.3, -0.25) is 9.89 Å². The molecule has 4 rings (SSSR count). The van der Waals surface area contributed by atoms with Crippen LogP contribution in [0.4, 0.5) is 20.2 Å². The van der Waals surface area contributed by atoms with Crippen LogP contribution in [-0.2, 0) is 18.8 Å². The van der Waals surface area contributed by atoms with Gasteiger partial charge in [0.2, 0.25) is 0 Å². The van der Waals surface area contributed by atoms with Crippen molar-refractivity contribution in [1.29, 1.82) is 0 Å². The van der Waals surface area contributed by atoms with Crippen molar-refractivity contribution < 1.29 is 13.6 Å². The van der Waals surface area contributed by atoms with E-state index in [2.05, 4.69) is 47.0 Å². The van der Waals surface area contributed by atoms with E-state index in [-0.39, 0.29) is 11.5 Å². The molecule has 0 fully saturated rings. The van der Waals surface area contributed by atoms with Gasteiger partial charge in [0, 0.05) is 53.4 Å². The zero-order chi connectivity index (χ0) is 30.2. The highest BCUT2D eigenvalue weighted by molar-refractivity contribution is 6.04. The molecule has 2 aromatic carbocycles. The van der Waals surface area contributed by atoms with Crippen molar-refractivity contribution in [2.24, 2.45) is 0 Å². The Labute approximate surface area is 241 Å². The van der Waals surface area contributed by atoms with Crippen molar-refractivity contribution in [1.82, 2.24) is 15.2 Å². The van der Waals surface area contributed by atoms with Crippen LogP contribution in [0, 0.1) is 6.92 Å². The van der Waals surface area contributed by atoms with Gasteiger partial charge in [0.1, 0.15) is 0 Å². The molecule has 2 heterocycles. The number of halogens is 2. The van der Waals surface area contributed by atoms with Crippen molar-refractivity contribution in [2.75, 3.05) is 10.2 Å². The number of alkyl halides is 2. The van der Waals surface area contributed by atoms with E-state index in [9.17, 15) is 13.6 Å². The Morgan fingerprint density at radius 2 is 1.88 bits per heavy atom. The summed E-state index contributed by atoms with van der Waals surface area (Å²) < 4.78 is 28.2. The largest absolute Gasteiger partial charge is 0.324 e. The molecule has 0 radical (unpaired) electrons. The molecule has 8 heteroatoms. The highest BCUT2D eigenvalue weighted by Crippen LogP contribution is 2.33. The Kier molecular flexibility index (Phi) is 10.5. The predicted molar refractivity (Wildman–Crippen MR) is 165 cm³/mol. The van der Waals surface area contributed by atoms with E-state index in [1.165, 1.54) is 23.3 Å². The summed E-state index contributed by atoms with van der Waals surface area (Å²) >= 11 is 0. The number of nitrogens with zero attached hydrogens (tertiary/aromatic N) is 3. The second-order valence-corrected chi connectivity index (χ2v) is 10.3. The van der Waals surface area contributed by atoms with Crippen LogP contribution in [-0.4, -0.2) is 21.1 Å². The van der Waals surface area contributed by atoms with Gasteiger partial charge in [0.15, 0.2) is 5.65 Å². The van der Waals surface area contributed by atoms with Gasteiger partial charge in [0.05, 0.1) is 6.20 Å². The molecule has 0 saturated heterocycles. The van der Waals surface area contributed by atoms with E-state index < -0.39 is 5.92 Å². The number of rotatable bonds is 9. The summed E-state index contributed by atoms with van der Waals surface area (Å²) in [5, 5.41) is 10.6. The SMILES string of the molecule is C=CN(C=C(C)C)c1cc(NC(=O)c2ccc(CCC)c(C)c2)cc(C(C)(F)F)c1.CCc1cnc2[nH]ncc2c1. The lowest BCUT2D eigenvalue weighted by Gasteiger charge is -2.21. The van der Waals surface area contributed by atoms with Gasteiger partial charge < -0.3 is 10.2 Å². The average molecular weight is 560 g/mol. The molecule has 0 aliphatic heterocycles. The second kappa shape index (κ2) is 13.8. The molecule has 0 atom stereocenters. The number of H-pyrrole nitrogens is 1. The second-order valence-electron chi connectivity index (χ2n) is 10.3. The minimum absolute atomic E-state index is 0.182. The molecule has 4 aromatic rings. The van der Waals surface area contributed by atoms with Crippen molar-refractivity contribution in [3.05, 3.63) is 107 Å². The van der Waals surface area contributed by atoms with Crippen molar-refractivity contribution in [3.63, 3.8) is 0 Å². The molecular formula is C33H39F2N5O. The maximum atomic E-state index is 14.1. The number of aromatic amines is 1. The summed E-state index contributed by atoms with van der Waals surface area (Å²) in [6.07, 6.45) is 10.0. The number of aryl methyl sites for hydroxylation is 3. The highest BCUT2D eigenvalue weighted by Gasteiger charge is 2.26. The Morgan fingerprint density at radius 1 is 1.12 bits per heavy atom. The highest BCUT2D eigenvalue weighted by atomic mass is 19.3. The van der Waals surface area contributed by atoms with Crippen molar-refractivity contribution >= 4 is 28.3 Å². The third-order valence-electron chi connectivity index (χ3n) is 6.45. The molecule has 0 bridgehead atoms. The van der Waals surface area contributed by atoms with E-state index >= 15 is 0 Å². The van der Waals surface area contributed by atoms with Crippen LogP contribution in [0.2, 0.25) is 0 Å². The number of aromatic nitrogens is 3.